The molecule has 100 valence electrons. The zero-order valence-electron chi connectivity index (χ0n) is 10.4. The van der Waals surface area contributed by atoms with Crippen molar-refractivity contribution in [2.24, 2.45) is 0 Å². The van der Waals surface area contributed by atoms with Gasteiger partial charge >= 0.3 is 5.97 Å². The zero-order chi connectivity index (χ0) is 14.1. The summed E-state index contributed by atoms with van der Waals surface area (Å²) in [6, 6.07) is 10.4. The van der Waals surface area contributed by atoms with E-state index in [2.05, 4.69) is 5.10 Å². The average molecular weight is 285 g/mol. The third-order valence-electron chi connectivity index (χ3n) is 2.88. The largest absolute Gasteiger partial charge is 0.478 e. The van der Waals surface area contributed by atoms with Gasteiger partial charge in [0.2, 0.25) is 0 Å². The second-order valence-electron chi connectivity index (χ2n) is 4.21. The Hall–Kier alpha value is -2.60. The monoisotopic (exact) mass is 285 g/mol. The molecule has 0 aliphatic rings. The Balaban J connectivity index is 1.99. The lowest BCUT2D eigenvalue weighted by Crippen LogP contribution is -1.98. The molecular formula is C14H11N3O2S. The van der Waals surface area contributed by atoms with Crippen LogP contribution in [-0.4, -0.2) is 20.9 Å². The number of anilines is 1. The van der Waals surface area contributed by atoms with Gasteiger partial charge in [0, 0.05) is 0 Å². The van der Waals surface area contributed by atoms with E-state index < -0.39 is 5.97 Å². The van der Waals surface area contributed by atoms with E-state index in [4.69, 9.17) is 10.8 Å². The predicted molar refractivity (Wildman–Crippen MR) is 78.2 cm³/mol. The number of thiophene rings is 1. The van der Waals surface area contributed by atoms with Gasteiger partial charge in [-0.25, -0.2) is 9.48 Å². The number of nitrogen functional groups attached to an aromatic ring is 1. The highest BCUT2D eigenvalue weighted by atomic mass is 32.1. The summed E-state index contributed by atoms with van der Waals surface area (Å²) in [5.41, 5.74) is 8.32. The lowest BCUT2D eigenvalue weighted by molar-refractivity contribution is 0.0697. The molecule has 0 amide bonds. The van der Waals surface area contributed by atoms with Gasteiger partial charge in [-0.3, -0.25) is 0 Å². The number of nitrogens with two attached hydrogens (primary N) is 1. The number of carbonyl (C=O) groups is 1. The Morgan fingerprint density at radius 3 is 2.60 bits per heavy atom. The SMILES string of the molecule is Nc1cn(-c2ccc(C(=O)O)cc2)nc1-c1cccs1. The van der Waals surface area contributed by atoms with E-state index in [9.17, 15) is 4.79 Å². The highest BCUT2D eigenvalue weighted by molar-refractivity contribution is 7.13. The van der Waals surface area contributed by atoms with Crippen molar-refractivity contribution in [1.29, 1.82) is 0 Å². The summed E-state index contributed by atoms with van der Waals surface area (Å²) in [6.07, 6.45) is 1.73. The summed E-state index contributed by atoms with van der Waals surface area (Å²) < 4.78 is 1.65. The topological polar surface area (TPSA) is 81.1 Å². The van der Waals surface area contributed by atoms with Crippen LogP contribution in [0.5, 0.6) is 0 Å². The fraction of sp³-hybridized carbons (Fsp3) is 0. The van der Waals surface area contributed by atoms with Gasteiger partial charge in [0.15, 0.2) is 0 Å². The minimum atomic E-state index is -0.948. The number of rotatable bonds is 3. The second kappa shape index (κ2) is 4.82. The summed E-state index contributed by atoms with van der Waals surface area (Å²) in [5.74, 6) is -0.948. The molecule has 0 aliphatic carbocycles. The molecule has 2 heterocycles. The number of hydrogen-bond acceptors (Lipinski definition) is 4. The molecule has 5 nitrogen and oxygen atoms in total. The molecule has 0 spiro atoms. The lowest BCUT2D eigenvalue weighted by Gasteiger charge is -2.01. The van der Waals surface area contributed by atoms with Crippen LogP contribution in [0.25, 0.3) is 16.3 Å². The molecule has 0 aliphatic heterocycles. The Kier molecular flexibility index (Phi) is 3.00. The van der Waals surface area contributed by atoms with Gasteiger partial charge in [0.1, 0.15) is 5.69 Å². The first-order valence-corrected chi connectivity index (χ1v) is 6.76. The van der Waals surface area contributed by atoms with Crippen LogP contribution >= 0.6 is 11.3 Å². The third-order valence-corrected chi connectivity index (χ3v) is 3.75. The van der Waals surface area contributed by atoms with Crippen molar-refractivity contribution in [3.05, 3.63) is 53.5 Å². The summed E-state index contributed by atoms with van der Waals surface area (Å²) in [5, 5.41) is 15.3. The van der Waals surface area contributed by atoms with Crippen LogP contribution in [0, 0.1) is 0 Å². The molecule has 0 bridgehead atoms. The van der Waals surface area contributed by atoms with E-state index in [0.29, 0.717) is 5.69 Å². The van der Waals surface area contributed by atoms with Crippen molar-refractivity contribution in [2.75, 3.05) is 5.73 Å². The highest BCUT2D eigenvalue weighted by Gasteiger charge is 2.11. The van der Waals surface area contributed by atoms with Crippen molar-refractivity contribution >= 4 is 23.0 Å². The first kappa shape index (κ1) is 12.4. The maximum atomic E-state index is 10.8. The van der Waals surface area contributed by atoms with Gasteiger partial charge in [-0.15, -0.1) is 11.3 Å². The van der Waals surface area contributed by atoms with Gasteiger partial charge in [0.25, 0.3) is 0 Å². The van der Waals surface area contributed by atoms with Crippen LogP contribution in [0.2, 0.25) is 0 Å². The molecule has 0 saturated heterocycles. The van der Waals surface area contributed by atoms with Crippen LogP contribution in [-0.2, 0) is 0 Å². The van der Waals surface area contributed by atoms with Gasteiger partial charge < -0.3 is 10.8 Å². The molecule has 0 unspecified atom stereocenters. The number of carboxylic acid groups (broad SMARTS) is 1. The first-order chi connectivity index (χ1) is 9.65. The lowest BCUT2D eigenvalue weighted by atomic mass is 10.2. The van der Waals surface area contributed by atoms with Crippen LogP contribution in [0.15, 0.2) is 48.0 Å². The Bertz CT molecular complexity index is 745. The third kappa shape index (κ3) is 2.17. The molecule has 2 aromatic heterocycles. The summed E-state index contributed by atoms with van der Waals surface area (Å²) in [7, 11) is 0. The average Bonchev–Trinajstić information content (AvgIpc) is 3.07. The van der Waals surface area contributed by atoms with E-state index >= 15 is 0 Å². The van der Waals surface area contributed by atoms with E-state index in [1.54, 1.807) is 46.5 Å². The number of hydrogen-bond donors (Lipinski definition) is 2. The number of nitrogens with zero attached hydrogens (tertiary/aromatic N) is 2. The van der Waals surface area contributed by atoms with Gasteiger partial charge in [-0.05, 0) is 35.7 Å². The molecule has 0 atom stereocenters. The normalized spacial score (nSPS) is 10.6. The highest BCUT2D eigenvalue weighted by Crippen LogP contribution is 2.29. The molecule has 0 fully saturated rings. The molecule has 20 heavy (non-hydrogen) atoms. The smallest absolute Gasteiger partial charge is 0.335 e. The van der Waals surface area contributed by atoms with Gasteiger partial charge in [-0.1, -0.05) is 6.07 Å². The fourth-order valence-electron chi connectivity index (χ4n) is 1.88. The number of aromatic carboxylic acids is 1. The first-order valence-electron chi connectivity index (χ1n) is 5.88. The Morgan fingerprint density at radius 2 is 2.00 bits per heavy atom. The fourth-order valence-corrected chi connectivity index (χ4v) is 2.61. The van der Waals surface area contributed by atoms with Crippen LogP contribution in [0.1, 0.15) is 10.4 Å². The molecule has 6 heteroatoms. The van der Waals surface area contributed by atoms with E-state index in [1.165, 1.54) is 0 Å². The van der Waals surface area contributed by atoms with Crippen molar-refractivity contribution < 1.29 is 9.90 Å². The quantitative estimate of drug-likeness (QED) is 0.775. The molecular weight excluding hydrogens is 274 g/mol. The van der Waals surface area contributed by atoms with Gasteiger partial charge in [-0.2, -0.15) is 5.10 Å². The second-order valence-corrected chi connectivity index (χ2v) is 5.15. The maximum Gasteiger partial charge on any atom is 0.335 e. The van der Waals surface area contributed by atoms with E-state index in [1.807, 2.05) is 17.5 Å². The molecule has 0 radical (unpaired) electrons. The minimum absolute atomic E-state index is 0.243. The number of carboxylic acids is 1. The van der Waals surface area contributed by atoms with Crippen molar-refractivity contribution in [2.45, 2.75) is 0 Å². The zero-order valence-corrected chi connectivity index (χ0v) is 11.2. The molecule has 3 aromatic rings. The maximum absolute atomic E-state index is 10.8. The molecule has 1 aromatic carbocycles. The van der Waals surface area contributed by atoms with Gasteiger partial charge in [0.05, 0.1) is 28.0 Å². The van der Waals surface area contributed by atoms with E-state index in [-0.39, 0.29) is 5.56 Å². The molecule has 3 N–H and O–H groups in total. The summed E-state index contributed by atoms with van der Waals surface area (Å²) in [6.45, 7) is 0. The van der Waals surface area contributed by atoms with E-state index in [0.717, 1.165) is 16.3 Å². The Morgan fingerprint density at radius 1 is 1.25 bits per heavy atom. The summed E-state index contributed by atoms with van der Waals surface area (Å²) >= 11 is 1.57. The molecule has 0 saturated carbocycles. The molecule has 3 rings (SSSR count). The Labute approximate surface area is 118 Å². The number of aromatic nitrogens is 2. The number of benzene rings is 1. The predicted octanol–water partition coefficient (Wildman–Crippen LogP) is 2.88. The van der Waals surface area contributed by atoms with Crippen molar-refractivity contribution in [3.8, 4) is 16.3 Å². The van der Waals surface area contributed by atoms with Crippen LogP contribution < -0.4 is 5.73 Å². The summed E-state index contributed by atoms with van der Waals surface area (Å²) in [4.78, 5) is 11.8. The van der Waals surface area contributed by atoms with Crippen LogP contribution in [0.3, 0.4) is 0 Å². The van der Waals surface area contributed by atoms with Crippen molar-refractivity contribution in [3.63, 3.8) is 0 Å². The van der Waals surface area contributed by atoms with Crippen molar-refractivity contribution in [1.82, 2.24) is 9.78 Å². The minimum Gasteiger partial charge on any atom is -0.478 e. The van der Waals surface area contributed by atoms with Crippen LogP contribution in [0.4, 0.5) is 5.69 Å². The standard InChI is InChI=1S/C14H11N3O2S/c15-11-8-17(16-13(11)12-2-1-7-20-12)10-5-3-9(4-6-10)14(18)19/h1-8H,15H2,(H,18,19).